The molecule has 94 valence electrons. The van der Waals surface area contributed by atoms with E-state index in [2.05, 4.69) is 19.0 Å². The molecule has 1 aromatic rings. The molecule has 1 heterocycles. The van der Waals surface area contributed by atoms with Gasteiger partial charge in [-0.2, -0.15) is 0 Å². The Morgan fingerprint density at radius 2 is 1.94 bits per heavy atom. The number of ether oxygens (including phenoxy) is 2. The molecule has 1 aromatic carbocycles. The van der Waals surface area contributed by atoms with Crippen LogP contribution in [0.4, 0.5) is 0 Å². The van der Waals surface area contributed by atoms with Crippen molar-refractivity contribution in [2.75, 3.05) is 40.5 Å². The molecular formula is C13H18ClNO2. The van der Waals surface area contributed by atoms with Crippen LogP contribution in [0.2, 0.25) is 5.02 Å². The third-order valence-electron chi connectivity index (χ3n) is 2.83. The average Bonchev–Trinajstić information content (AvgIpc) is 2.23. The Morgan fingerprint density at radius 3 is 2.41 bits per heavy atom. The van der Waals surface area contributed by atoms with Gasteiger partial charge in [0.1, 0.15) is 5.75 Å². The SMILES string of the molecule is CN(C)CC1(COc2ccc(Cl)cc2)COC1. The Hall–Kier alpha value is -0.770. The Labute approximate surface area is 107 Å². The first-order chi connectivity index (χ1) is 8.10. The van der Waals surface area contributed by atoms with E-state index in [1.807, 2.05) is 24.3 Å². The Morgan fingerprint density at radius 1 is 1.29 bits per heavy atom. The number of nitrogens with zero attached hydrogens (tertiary/aromatic N) is 1. The van der Waals surface area contributed by atoms with Crippen LogP contribution < -0.4 is 4.74 Å². The Kier molecular flexibility index (Phi) is 3.92. The van der Waals surface area contributed by atoms with Gasteiger partial charge in [-0.05, 0) is 38.4 Å². The minimum absolute atomic E-state index is 0.142. The molecule has 1 saturated heterocycles. The van der Waals surface area contributed by atoms with Crippen LogP contribution >= 0.6 is 11.6 Å². The fourth-order valence-electron chi connectivity index (χ4n) is 2.05. The lowest BCUT2D eigenvalue weighted by Gasteiger charge is -2.42. The van der Waals surface area contributed by atoms with Gasteiger partial charge in [0.2, 0.25) is 0 Å². The largest absolute Gasteiger partial charge is 0.493 e. The smallest absolute Gasteiger partial charge is 0.119 e. The lowest BCUT2D eigenvalue weighted by atomic mass is 9.86. The monoisotopic (exact) mass is 255 g/mol. The lowest BCUT2D eigenvalue weighted by molar-refractivity contribution is -0.140. The molecule has 1 fully saturated rings. The summed E-state index contributed by atoms with van der Waals surface area (Å²) < 4.78 is 11.1. The standard InChI is InChI=1S/C13H18ClNO2/c1-15(2)7-13(8-16-9-13)10-17-12-5-3-11(14)4-6-12/h3-6H,7-10H2,1-2H3. The second-order valence-corrected chi connectivity index (χ2v) is 5.41. The van der Waals surface area contributed by atoms with E-state index in [-0.39, 0.29) is 5.41 Å². The fourth-order valence-corrected chi connectivity index (χ4v) is 2.18. The predicted octanol–water partition coefficient (Wildman–Crippen LogP) is 2.30. The van der Waals surface area contributed by atoms with Crippen LogP contribution in [0.25, 0.3) is 0 Å². The fraction of sp³-hybridized carbons (Fsp3) is 0.538. The molecule has 0 aliphatic carbocycles. The number of rotatable bonds is 5. The Bertz CT molecular complexity index is 360. The van der Waals surface area contributed by atoms with Crippen LogP contribution in [0.5, 0.6) is 5.75 Å². The zero-order chi connectivity index (χ0) is 12.3. The first kappa shape index (κ1) is 12.7. The summed E-state index contributed by atoms with van der Waals surface area (Å²) in [5, 5.41) is 0.729. The molecule has 0 N–H and O–H groups in total. The molecule has 0 radical (unpaired) electrons. The molecule has 0 bridgehead atoms. The van der Waals surface area contributed by atoms with Gasteiger partial charge in [0, 0.05) is 11.6 Å². The number of hydrogen-bond donors (Lipinski definition) is 0. The van der Waals surface area contributed by atoms with E-state index in [1.54, 1.807) is 0 Å². The van der Waals surface area contributed by atoms with Crippen LogP contribution in [-0.4, -0.2) is 45.4 Å². The van der Waals surface area contributed by atoms with E-state index >= 15 is 0 Å². The quantitative estimate of drug-likeness (QED) is 0.806. The van der Waals surface area contributed by atoms with Gasteiger partial charge in [0.25, 0.3) is 0 Å². The first-order valence-electron chi connectivity index (χ1n) is 5.71. The van der Waals surface area contributed by atoms with Crippen LogP contribution in [0.1, 0.15) is 0 Å². The molecule has 1 aliphatic heterocycles. The molecule has 1 aliphatic rings. The molecule has 0 unspecified atom stereocenters. The van der Waals surface area contributed by atoms with E-state index in [1.165, 1.54) is 0 Å². The van der Waals surface area contributed by atoms with Gasteiger partial charge >= 0.3 is 0 Å². The lowest BCUT2D eigenvalue weighted by Crippen LogP contribution is -2.53. The maximum absolute atomic E-state index is 5.83. The summed E-state index contributed by atoms with van der Waals surface area (Å²) in [6, 6.07) is 7.47. The first-order valence-corrected chi connectivity index (χ1v) is 6.08. The van der Waals surface area contributed by atoms with Crippen molar-refractivity contribution in [3.63, 3.8) is 0 Å². The average molecular weight is 256 g/mol. The Balaban J connectivity index is 1.89. The highest BCUT2D eigenvalue weighted by Crippen LogP contribution is 2.29. The minimum atomic E-state index is 0.142. The highest BCUT2D eigenvalue weighted by molar-refractivity contribution is 6.30. The zero-order valence-corrected chi connectivity index (χ0v) is 11.0. The van der Waals surface area contributed by atoms with Crippen molar-refractivity contribution in [1.29, 1.82) is 0 Å². The van der Waals surface area contributed by atoms with E-state index < -0.39 is 0 Å². The third-order valence-corrected chi connectivity index (χ3v) is 3.08. The molecule has 0 atom stereocenters. The molecule has 0 aromatic heterocycles. The van der Waals surface area contributed by atoms with Gasteiger partial charge in [-0.15, -0.1) is 0 Å². The number of halogens is 1. The topological polar surface area (TPSA) is 21.7 Å². The van der Waals surface area contributed by atoms with Gasteiger partial charge in [-0.1, -0.05) is 11.6 Å². The summed E-state index contributed by atoms with van der Waals surface area (Å²) in [5.41, 5.74) is 0.142. The van der Waals surface area contributed by atoms with Gasteiger partial charge in [-0.3, -0.25) is 0 Å². The van der Waals surface area contributed by atoms with Crippen molar-refractivity contribution in [3.8, 4) is 5.75 Å². The number of hydrogen-bond acceptors (Lipinski definition) is 3. The highest BCUT2D eigenvalue weighted by Gasteiger charge is 2.40. The zero-order valence-electron chi connectivity index (χ0n) is 10.3. The maximum atomic E-state index is 5.83. The van der Waals surface area contributed by atoms with E-state index in [4.69, 9.17) is 21.1 Å². The highest BCUT2D eigenvalue weighted by atomic mass is 35.5. The van der Waals surface area contributed by atoms with Crippen molar-refractivity contribution < 1.29 is 9.47 Å². The van der Waals surface area contributed by atoms with Crippen molar-refractivity contribution in [2.45, 2.75) is 0 Å². The van der Waals surface area contributed by atoms with E-state index in [9.17, 15) is 0 Å². The summed E-state index contributed by atoms with van der Waals surface area (Å²) in [4.78, 5) is 2.17. The maximum Gasteiger partial charge on any atom is 0.119 e. The van der Waals surface area contributed by atoms with Crippen molar-refractivity contribution >= 4 is 11.6 Å². The van der Waals surface area contributed by atoms with Crippen LogP contribution in [0.15, 0.2) is 24.3 Å². The molecule has 0 amide bonds. The molecule has 2 rings (SSSR count). The molecule has 17 heavy (non-hydrogen) atoms. The minimum Gasteiger partial charge on any atom is -0.493 e. The van der Waals surface area contributed by atoms with Gasteiger partial charge in [0.15, 0.2) is 0 Å². The van der Waals surface area contributed by atoms with Crippen LogP contribution in [0, 0.1) is 5.41 Å². The van der Waals surface area contributed by atoms with Crippen LogP contribution in [-0.2, 0) is 4.74 Å². The van der Waals surface area contributed by atoms with Crippen molar-refractivity contribution in [3.05, 3.63) is 29.3 Å². The molecule has 4 heteroatoms. The summed E-state index contributed by atoms with van der Waals surface area (Å²) in [5.74, 6) is 0.861. The molecule has 3 nitrogen and oxygen atoms in total. The summed E-state index contributed by atoms with van der Waals surface area (Å²) in [7, 11) is 4.14. The van der Waals surface area contributed by atoms with Gasteiger partial charge < -0.3 is 14.4 Å². The van der Waals surface area contributed by atoms with E-state index in [0.29, 0.717) is 6.61 Å². The third kappa shape index (κ3) is 3.35. The van der Waals surface area contributed by atoms with Gasteiger partial charge in [-0.25, -0.2) is 0 Å². The van der Waals surface area contributed by atoms with Gasteiger partial charge in [0.05, 0.1) is 25.2 Å². The molecule has 0 saturated carbocycles. The molecular weight excluding hydrogens is 238 g/mol. The normalized spacial score (nSPS) is 17.9. The van der Waals surface area contributed by atoms with Crippen LogP contribution in [0.3, 0.4) is 0 Å². The van der Waals surface area contributed by atoms with Crippen molar-refractivity contribution in [2.24, 2.45) is 5.41 Å². The summed E-state index contributed by atoms with van der Waals surface area (Å²) in [6.45, 7) is 3.23. The second-order valence-electron chi connectivity index (χ2n) is 4.97. The molecule has 0 spiro atoms. The van der Waals surface area contributed by atoms with Crippen molar-refractivity contribution in [1.82, 2.24) is 4.90 Å². The van der Waals surface area contributed by atoms with E-state index in [0.717, 1.165) is 30.5 Å². The summed E-state index contributed by atoms with van der Waals surface area (Å²) in [6.07, 6.45) is 0. The summed E-state index contributed by atoms with van der Waals surface area (Å²) >= 11 is 5.83. The number of benzene rings is 1. The second kappa shape index (κ2) is 5.25. The predicted molar refractivity (Wildman–Crippen MR) is 68.8 cm³/mol.